The molecule has 0 aromatic heterocycles. The van der Waals surface area contributed by atoms with E-state index in [1.807, 2.05) is 42.5 Å². The van der Waals surface area contributed by atoms with E-state index in [9.17, 15) is 12.8 Å². The van der Waals surface area contributed by atoms with Crippen LogP contribution in [-0.2, 0) is 9.84 Å². The Morgan fingerprint density at radius 2 is 1.83 bits per heavy atom. The fourth-order valence-corrected chi connectivity index (χ4v) is 5.12. The Hall–Kier alpha value is -2.46. The van der Waals surface area contributed by atoms with E-state index in [0.717, 1.165) is 21.9 Å². The van der Waals surface area contributed by atoms with E-state index in [0.29, 0.717) is 0 Å². The quantitative estimate of drug-likeness (QED) is 0.683. The van der Waals surface area contributed by atoms with Crippen LogP contribution in [0.15, 0.2) is 59.5 Å². The van der Waals surface area contributed by atoms with Gasteiger partial charge in [-0.15, -0.1) is 0 Å². The van der Waals surface area contributed by atoms with Crippen LogP contribution in [0.2, 0.25) is 0 Å². The second-order valence-electron chi connectivity index (χ2n) is 5.90. The summed E-state index contributed by atoms with van der Waals surface area (Å²) in [5.74, 6) is -0.536. The first-order valence-electron chi connectivity index (χ1n) is 7.60. The first kappa shape index (κ1) is 15.1. The minimum absolute atomic E-state index is 0.0754. The molecule has 3 aromatic carbocycles. The Labute approximate surface area is 140 Å². The summed E-state index contributed by atoms with van der Waals surface area (Å²) in [6, 6.07) is 16.8. The van der Waals surface area contributed by atoms with Gasteiger partial charge in [-0.1, -0.05) is 54.6 Å². The smallest absolute Gasteiger partial charge is 0.189 e. The molecule has 4 rings (SSSR count). The van der Waals surface area contributed by atoms with Crippen molar-refractivity contribution in [2.45, 2.75) is 17.1 Å². The second-order valence-corrected chi connectivity index (χ2v) is 7.90. The highest BCUT2D eigenvalue weighted by Gasteiger charge is 2.32. The highest BCUT2D eigenvalue weighted by atomic mass is 32.2. The molecule has 24 heavy (non-hydrogen) atoms. The Kier molecular flexibility index (Phi) is 3.32. The molecule has 0 saturated carbocycles. The van der Waals surface area contributed by atoms with Crippen molar-refractivity contribution in [2.24, 2.45) is 0 Å². The van der Waals surface area contributed by atoms with E-state index in [2.05, 4.69) is 6.07 Å². The molecular weight excluding hydrogens is 323 g/mol. The van der Waals surface area contributed by atoms with Crippen LogP contribution in [0.5, 0.6) is 0 Å². The largest absolute Gasteiger partial charge is 0.223 e. The number of hydrogen-bond donors (Lipinski definition) is 0. The molecular formula is C20H14FO2S. The molecule has 0 aliphatic heterocycles. The normalized spacial score (nSPS) is 16.5. The van der Waals surface area contributed by atoms with E-state index < -0.39 is 20.9 Å². The van der Waals surface area contributed by atoms with Crippen molar-refractivity contribution >= 4 is 26.7 Å². The summed E-state index contributed by atoms with van der Waals surface area (Å²) in [7, 11) is -3.79. The summed E-state index contributed by atoms with van der Waals surface area (Å²) in [5, 5.41) is 1.09. The monoisotopic (exact) mass is 337 g/mol. The summed E-state index contributed by atoms with van der Waals surface area (Å²) < 4.78 is 40.2. The zero-order valence-corrected chi connectivity index (χ0v) is 13.8. The molecule has 1 aliphatic rings. The van der Waals surface area contributed by atoms with Gasteiger partial charge in [-0.25, -0.2) is 12.8 Å². The number of hydrogen-bond acceptors (Lipinski definition) is 2. The first-order valence-corrected chi connectivity index (χ1v) is 9.15. The van der Waals surface area contributed by atoms with Crippen molar-refractivity contribution < 1.29 is 12.8 Å². The molecule has 1 aliphatic carbocycles. The second kappa shape index (κ2) is 5.28. The van der Waals surface area contributed by atoms with E-state index >= 15 is 0 Å². The third-order valence-electron chi connectivity index (χ3n) is 4.49. The molecule has 0 amide bonds. The summed E-state index contributed by atoms with van der Waals surface area (Å²) in [6.07, 6.45) is 3.50. The topological polar surface area (TPSA) is 34.1 Å². The molecule has 2 nitrogen and oxygen atoms in total. The van der Waals surface area contributed by atoms with Crippen LogP contribution in [0, 0.1) is 18.8 Å². The van der Waals surface area contributed by atoms with Crippen LogP contribution >= 0.6 is 0 Å². The van der Waals surface area contributed by atoms with Crippen molar-refractivity contribution in [1.29, 1.82) is 0 Å². The van der Waals surface area contributed by atoms with Gasteiger partial charge in [-0.05, 0) is 34.9 Å². The van der Waals surface area contributed by atoms with E-state index in [-0.39, 0.29) is 10.5 Å². The lowest BCUT2D eigenvalue weighted by atomic mass is 9.93. The number of halogens is 1. The van der Waals surface area contributed by atoms with Crippen molar-refractivity contribution in [3.63, 3.8) is 0 Å². The Morgan fingerprint density at radius 3 is 2.62 bits per heavy atom. The van der Waals surface area contributed by atoms with Gasteiger partial charge in [0.2, 0.25) is 0 Å². The summed E-state index contributed by atoms with van der Waals surface area (Å²) in [5.41, 5.74) is 1.83. The zero-order chi connectivity index (χ0) is 16.9. The van der Waals surface area contributed by atoms with Crippen LogP contribution in [0.1, 0.15) is 21.9 Å². The molecule has 4 heteroatoms. The van der Waals surface area contributed by atoms with Gasteiger partial charge in [0.1, 0.15) is 11.1 Å². The third kappa shape index (κ3) is 2.10. The molecule has 1 atom stereocenters. The van der Waals surface area contributed by atoms with Gasteiger partial charge in [-0.3, -0.25) is 0 Å². The van der Waals surface area contributed by atoms with Crippen molar-refractivity contribution in [2.75, 3.05) is 0 Å². The van der Waals surface area contributed by atoms with Crippen molar-refractivity contribution in [3.8, 4) is 0 Å². The molecule has 1 radical (unpaired) electrons. The van der Waals surface area contributed by atoms with E-state index in [4.69, 9.17) is 0 Å². The van der Waals surface area contributed by atoms with Gasteiger partial charge >= 0.3 is 0 Å². The Bertz CT molecular complexity index is 1090. The minimum atomic E-state index is -3.79. The maximum Gasteiger partial charge on any atom is 0.189 e. The van der Waals surface area contributed by atoms with Gasteiger partial charge in [0.05, 0.1) is 4.90 Å². The molecule has 1 unspecified atom stereocenters. The number of rotatable bonds is 2. The highest BCUT2D eigenvalue weighted by Crippen LogP contribution is 2.40. The zero-order valence-electron chi connectivity index (χ0n) is 13.0. The SMILES string of the molecule is Cc1c(S(=O)(=O)C2C=Cc3cccc4cccc2c34)[c]ccc1F. The Balaban J connectivity index is 1.97. The molecule has 0 saturated heterocycles. The van der Waals surface area contributed by atoms with Crippen LogP contribution in [0.25, 0.3) is 16.8 Å². The standard InChI is InChI=1S/C20H14FO2S/c1-13-17(21)9-4-10-18(13)24(22,23)19-12-11-15-6-2-5-14-7-3-8-16(19)20(14)15/h2-9,11-12,19H,1H3. The van der Waals surface area contributed by atoms with Gasteiger partial charge in [0.15, 0.2) is 9.84 Å². The summed E-state index contributed by atoms with van der Waals surface area (Å²) in [6.45, 7) is 1.47. The fourth-order valence-electron chi connectivity index (χ4n) is 3.30. The highest BCUT2D eigenvalue weighted by molar-refractivity contribution is 7.92. The van der Waals surface area contributed by atoms with Gasteiger partial charge < -0.3 is 0 Å². The third-order valence-corrected chi connectivity index (χ3v) is 6.56. The van der Waals surface area contributed by atoms with Gasteiger partial charge in [-0.2, -0.15) is 0 Å². The van der Waals surface area contributed by atoms with Crippen LogP contribution in [0.4, 0.5) is 4.39 Å². The molecule has 3 aromatic rings. The average Bonchev–Trinajstić information content (AvgIpc) is 2.58. The first-order chi connectivity index (χ1) is 11.5. The van der Waals surface area contributed by atoms with E-state index in [1.165, 1.54) is 19.1 Å². The predicted molar refractivity (Wildman–Crippen MR) is 92.9 cm³/mol. The molecule has 0 bridgehead atoms. The lowest BCUT2D eigenvalue weighted by Gasteiger charge is -2.22. The van der Waals surface area contributed by atoms with E-state index in [1.54, 1.807) is 6.08 Å². The van der Waals surface area contributed by atoms with Gasteiger partial charge in [0, 0.05) is 11.6 Å². The molecule has 0 heterocycles. The minimum Gasteiger partial charge on any atom is -0.223 e. The maximum absolute atomic E-state index is 13.8. The van der Waals surface area contributed by atoms with Crippen LogP contribution in [0.3, 0.4) is 0 Å². The van der Waals surface area contributed by atoms with Gasteiger partial charge in [0.25, 0.3) is 0 Å². The number of benzene rings is 3. The fraction of sp³-hybridized carbons (Fsp3) is 0.100. The average molecular weight is 337 g/mol. The maximum atomic E-state index is 13.8. The molecule has 0 spiro atoms. The van der Waals surface area contributed by atoms with Crippen LogP contribution in [-0.4, -0.2) is 8.42 Å². The lowest BCUT2D eigenvalue weighted by molar-refractivity contribution is 0.582. The summed E-state index contributed by atoms with van der Waals surface area (Å²) in [4.78, 5) is -0.0754. The van der Waals surface area contributed by atoms with Crippen molar-refractivity contribution in [3.05, 3.63) is 83.2 Å². The molecule has 0 fully saturated rings. The molecule has 119 valence electrons. The van der Waals surface area contributed by atoms with Crippen LogP contribution < -0.4 is 0 Å². The lowest BCUT2D eigenvalue weighted by Crippen LogP contribution is -2.16. The molecule has 0 N–H and O–H groups in total. The predicted octanol–water partition coefficient (Wildman–Crippen LogP) is 4.63. The Morgan fingerprint density at radius 1 is 1.08 bits per heavy atom. The summed E-state index contributed by atoms with van der Waals surface area (Å²) >= 11 is 0. The number of sulfone groups is 1. The van der Waals surface area contributed by atoms with Crippen molar-refractivity contribution in [1.82, 2.24) is 0 Å².